The number of rotatable bonds is 11. The van der Waals surface area contributed by atoms with Gasteiger partial charge in [-0.3, -0.25) is 0 Å². The SMILES string of the molecule is CC(C)(C)OC(=O)NC(CCOc1ccc(CNC(=O)OCc2ccccc2)cc1)C(=O)OC1CCCC1. The van der Waals surface area contributed by atoms with Crippen LogP contribution in [-0.2, 0) is 32.2 Å². The van der Waals surface area contributed by atoms with Crippen LogP contribution in [0.25, 0.3) is 0 Å². The Hall–Kier alpha value is -3.75. The lowest BCUT2D eigenvalue weighted by atomic mass is 10.2. The highest BCUT2D eigenvalue weighted by Gasteiger charge is 2.28. The van der Waals surface area contributed by atoms with Crippen LogP contribution in [0.3, 0.4) is 0 Å². The van der Waals surface area contributed by atoms with E-state index in [2.05, 4.69) is 10.6 Å². The summed E-state index contributed by atoms with van der Waals surface area (Å²) in [5.74, 6) is 0.118. The number of carbonyl (C=O) groups is 3. The van der Waals surface area contributed by atoms with E-state index >= 15 is 0 Å². The van der Waals surface area contributed by atoms with E-state index in [0.29, 0.717) is 12.3 Å². The van der Waals surface area contributed by atoms with Crippen LogP contribution in [0.15, 0.2) is 54.6 Å². The standard InChI is InChI=1S/C29H38N2O7/c1-29(2,3)38-28(34)31-25(26(32)37-24-11-7-8-12-24)17-18-35-23-15-13-21(14-16-23)19-30-27(33)36-20-22-9-5-4-6-10-22/h4-6,9-10,13-16,24-25H,7-8,11-12,17-20H2,1-3H3,(H,30,33)(H,31,34). The molecular formula is C29H38N2O7. The monoisotopic (exact) mass is 526 g/mol. The number of esters is 1. The molecule has 1 fully saturated rings. The number of hydrogen-bond donors (Lipinski definition) is 2. The van der Waals surface area contributed by atoms with E-state index in [4.69, 9.17) is 18.9 Å². The minimum atomic E-state index is -0.879. The van der Waals surface area contributed by atoms with E-state index in [-0.39, 0.29) is 25.7 Å². The molecule has 0 saturated heterocycles. The van der Waals surface area contributed by atoms with Gasteiger partial charge in [-0.15, -0.1) is 0 Å². The van der Waals surface area contributed by atoms with Crippen molar-refractivity contribution >= 4 is 18.2 Å². The molecule has 0 bridgehead atoms. The molecule has 1 unspecified atom stereocenters. The summed E-state index contributed by atoms with van der Waals surface area (Å²) in [5.41, 5.74) is 1.11. The van der Waals surface area contributed by atoms with Gasteiger partial charge in [0, 0.05) is 13.0 Å². The van der Waals surface area contributed by atoms with Crippen molar-refractivity contribution in [2.45, 2.75) is 83.8 Å². The molecule has 0 spiro atoms. The van der Waals surface area contributed by atoms with E-state index in [1.807, 2.05) is 42.5 Å². The summed E-state index contributed by atoms with van der Waals surface area (Å²) in [7, 11) is 0. The topological polar surface area (TPSA) is 112 Å². The number of ether oxygens (including phenoxy) is 4. The predicted molar refractivity (Wildman–Crippen MR) is 142 cm³/mol. The molecule has 2 aromatic rings. The van der Waals surface area contributed by atoms with Gasteiger partial charge in [-0.1, -0.05) is 42.5 Å². The van der Waals surface area contributed by atoms with Gasteiger partial charge in [-0.2, -0.15) is 0 Å². The Labute approximate surface area is 224 Å². The van der Waals surface area contributed by atoms with Crippen molar-refractivity contribution in [2.24, 2.45) is 0 Å². The Morgan fingerprint density at radius 3 is 2.26 bits per heavy atom. The molecule has 2 amide bonds. The van der Waals surface area contributed by atoms with Crippen molar-refractivity contribution in [1.29, 1.82) is 0 Å². The van der Waals surface area contributed by atoms with Crippen LogP contribution >= 0.6 is 0 Å². The summed E-state index contributed by atoms with van der Waals surface area (Å²) in [4.78, 5) is 37.0. The van der Waals surface area contributed by atoms with E-state index < -0.39 is 29.8 Å². The molecule has 9 nitrogen and oxygen atoms in total. The Morgan fingerprint density at radius 1 is 0.921 bits per heavy atom. The zero-order chi connectivity index (χ0) is 27.4. The second-order valence-corrected chi connectivity index (χ2v) is 10.2. The van der Waals surface area contributed by atoms with Crippen molar-refractivity contribution in [1.82, 2.24) is 10.6 Å². The number of hydrogen-bond acceptors (Lipinski definition) is 7. The molecule has 206 valence electrons. The summed E-state index contributed by atoms with van der Waals surface area (Å²) in [6.45, 7) is 5.97. The molecule has 3 rings (SSSR count). The van der Waals surface area contributed by atoms with E-state index in [0.717, 1.165) is 36.8 Å². The van der Waals surface area contributed by atoms with E-state index in [1.54, 1.807) is 32.9 Å². The van der Waals surface area contributed by atoms with Gasteiger partial charge in [0.1, 0.15) is 30.1 Å². The largest absolute Gasteiger partial charge is 0.494 e. The fourth-order valence-electron chi connectivity index (χ4n) is 3.90. The third-order valence-corrected chi connectivity index (χ3v) is 5.81. The van der Waals surface area contributed by atoms with Crippen molar-refractivity contribution < 1.29 is 33.3 Å². The maximum atomic E-state index is 12.7. The van der Waals surface area contributed by atoms with Crippen molar-refractivity contribution in [3.63, 3.8) is 0 Å². The first-order valence-corrected chi connectivity index (χ1v) is 13.0. The second kappa shape index (κ2) is 14.3. The van der Waals surface area contributed by atoms with Crippen LogP contribution in [0.1, 0.15) is 64.0 Å². The molecule has 38 heavy (non-hydrogen) atoms. The lowest BCUT2D eigenvalue weighted by Gasteiger charge is -2.24. The average molecular weight is 527 g/mol. The molecule has 9 heteroatoms. The summed E-state index contributed by atoms with van der Waals surface area (Å²) in [6.07, 6.45) is 2.69. The molecule has 1 aliphatic rings. The first kappa shape index (κ1) is 28.8. The van der Waals surface area contributed by atoms with Gasteiger partial charge in [-0.05, 0) is 69.7 Å². The fourth-order valence-corrected chi connectivity index (χ4v) is 3.90. The van der Waals surface area contributed by atoms with E-state index in [1.165, 1.54) is 0 Å². The molecule has 1 aliphatic carbocycles. The quantitative estimate of drug-likeness (QED) is 0.303. The number of benzene rings is 2. The zero-order valence-electron chi connectivity index (χ0n) is 22.4. The van der Waals surface area contributed by atoms with Crippen LogP contribution in [0.4, 0.5) is 9.59 Å². The van der Waals surface area contributed by atoms with Crippen LogP contribution in [0, 0.1) is 0 Å². The Morgan fingerprint density at radius 2 is 1.61 bits per heavy atom. The molecule has 2 N–H and O–H groups in total. The number of alkyl carbamates (subject to hydrolysis) is 2. The van der Waals surface area contributed by atoms with Crippen molar-refractivity contribution in [2.75, 3.05) is 6.61 Å². The maximum Gasteiger partial charge on any atom is 0.408 e. The molecule has 0 aliphatic heterocycles. The highest BCUT2D eigenvalue weighted by atomic mass is 16.6. The molecule has 0 radical (unpaired) electrons. The van der Waals surface area contributed by atoms with Gasteiger partial charge in [0.05, 0.1) is 6.61 Å². The molecule has 1 atom stereocenters. The Bertz CT molecular complexity index is 1030. The van der Waals surface area contributed by atoms with Gasteiger partial charge < -0.3 is 29.6 Å². The number of carbonyl (C=O) groups excluding carboxylic acids is 3. The molecule has 0 heterocycles. The number of amides is 2. The van der Waals surface area contributed by atoms with Gasteiger partial charge in [0.15, 0.2) is 0 Å². The van der Waals surface area contributed by atoms with Gasteiger partial charge in [-0.25, -0.2) is 14.4 Å². The highest BCUT2D eigenvalue weighted by Crippen LogP contribution is 2.22. The second-order valence-electron chi connectivity index (χ2n) is 10.2. The van der Waals surface area contributed by atoms with Crippen LogP contribution in [-0.4, -0.2) is 42.5 Å². The van der Waals surface area contributed by atoms with Crippen molar-refractivity contribution in [3.8, 4) is 5.75 Å². The van der Waals surface area contributed by atoms with Crippen molar-refractivity contribution in [3.05, 3.63) is 65.7 Å². The predicted octanol–water partition coefficient (Wildman–Crippen LogP) is 5.26. The average Bonchev–Trinajstić information content (AvgIpc) is 3.39. The maximum absolute atomic E-state index is 12.7. The minimum Gasteiger partial charge on any atom is -0.494 e. The fraction of sp³-hybridized carbons (Fsp3) is 0.483. The first-order chi connectivity index (χ1) is 18.2. The number of nitrogens with one attached hydrogen (secondary N) is 2. The van der Waals surface area contributed by atoms with Crippen LogP contribution in [0.5, 0.6) is 5.75 Å². The first-order valence-electron chi connectivity index (χ1n) is 13.0. The lowest BCUT2D eigenvalue weighted by Crippen LogP contribution is -2.45. The summed E-state index contributed by atoms with van der Waals surface area (Å²) in [6, 6.07) is 15.8. The van der Waals surface area contributed by atoms with Gasteiger partial charge >= 0.3 is 18.2 Å². The molecule has 1 saturated carbocycles. The Balaban J connectivity index is 1.43. The highest BCUT2D eigenvalue weighted by molar-refractivity contribution is 5.81. The third-order valence-electron chi connectivity index (χ3n) is 5.81. The van der Waals surface area contributed by atoms with Crippen LogP contribution in [0.2, 0.25) is 0 Å². The summed E-state index contributed by atoms with van der Waals surface area (Å²) in [5, 5.41) is 5.34. The lowest BCUT2D eigenvalue weighted by molar-refractivity contribution is -0.151. The summed E-state index contributed by atoms with van der Waals surface area (Å²) >= 11 is 0. The zero-order valence-corrected chi connectivity index (χ0v) is 22.4. The van der Waals surface area contributed by atoms with Gasteiger partial charge in [0.2, 0.25) is 0 Å². The Kier molecular flexibility index (Phi) is 10.8. The van der Waals surface area contributed by atoms with Crippen LogP contribution < -0.4 is 15.4 Å². The molecular weight excluding hydrogens is 488 g/mol. The molecule has 2 aromatic carbocycles. The third kappa shape index (κ3) is 10.7. The van der Waals surface area contributed by atoms with E-state index in [9.17, 15) is 14.4 Å². The van der Waals surface area contributed by atoms with Gasteiger partial charge in [0.25, 0.3) is 0 Å². The smallest absolute Gasteiger partial charge is 0.408 e. The normalized spacial score (nSPS) is 14.3. The summed E-state index contributed by atoms with van der Waals surface area (Å²) < 4.78 is 21.9. The molecule has 0 aromatic heterocycles. The minimum absolute atomic E-state index is 0.108.